The maximum Gasteiger partial charge on any atom is 0.341 e. The van der Waals surface area contributed by atoms with E-state index < -0.39 is 12.6 Å². The zero-order chi connectivity index (χ0) is 14.3. The van der Waals surface area contributed by atoms with Gasteiger partial charge in [-0.25, -0.2) is 4.79 Å². The van der Waals surface area contributed by atoms with Crippen LogP contribution in [-0.4, -0.2) is 43.3 Å². The second-order valence-corrected chi connectivity index (χ2v) is 3.93. The number of rotatable bonds is 7. The number of carboxylic acids is 1. The van der Waals surface area contributed by atoms with Crippen molar-refractivity contribution in [1.82, 2.24) is 5.32 Å². The van der Waals surface area contributed by atoms with Crippen LogP contribution in [0.25, 0.3) is 0 Å². The summed E-state index contributed by atoms with van der Waals surface area (Å²) in [5, 5.41) is 11.3. The molecule has 0 saturated heterocycles. The van der Waals surface area contributed by atoms with Gasteiger partial charge < -0.3 is 19.9 Å². The second kappa shape index (κ2) is 7.38. The Hall–Kier alpha value is -2.08. The third-order valence-electron chi connectivity index (χ3n) is 2.44. The average molecular weight is 267 g/mol. The van der Waals surface area contributed by atoms with E-state index in [9.17, 15) is 9.59 Å². The predicted molar refractivity (Wildman–Crippen MR) is 68.4 cm³/mol. The van der Waals surface area contributed by atoms with Gasteiger partial charge in [0.05, 0.1) is 11.7 Å². The molecule has 1 aromatic carbocycles. The first-order valence-corrected chi connectivity index (χ1v) is 5.79. The van der Waals surface area contributed by atoms with E-state index in [1.165, 1.54) is 0 Å². The molecular weight excluding hydrogens is 250 g/mol. The number of nitrogens with one attached hydrogen (secondary N) is 1. The summed E-state index contributed by atoms with van der Waals surface area (Å²) in [6, 6.07) is 6.48. The van der Waals surface area contributed by atoms with E-state index in [4.69, 9.17) is 14.6 Å². The van der Waals surface area contributed by atoms with Crippen molar-refractivity contribution in [2.24, 2.45) is 0 Å². The highest BCUT2D eigenvalue weighted by molar-refractivity contribution is 5.97. The van der Waals surface area contributed by atoms with Gasteiger partial charge in [-0.1, -0.05) is 12.1 Å². The number of aliphatic carboxylic acids is 1. The first-order valence-electron chi connectivity index (χ1n) is 5.79. The number of carbonyl (C=O) groups is 2. The summed E-state index contributed by atoms with van der Waals surface area (Å²) in [4.78, 5) is 22.4. The first kappa shape index (κ1) is 15.0. The summed E-state index contributed by atoms with van der Waals surface area (Å²) < 4.78 is 10.1. The number of carboxylic acid groups (broad SMARTS) is 1. The summed E-state index contributed by atoms with van der Waals surface area (Å²) in [6.45, 7) is 1.70. The van der Waals surface area contributed by atoms with E-state index in [0.29, 0.717) is 12.1 Å². The van der Waals surface area contributed by atoms with Gasteiger partial charge in [0.2, 0.25) is 0 Å². The number of hydrogen-bond donors (Lipinski definition) is 2. The van der Waals surface area contributed by atoms with Gasteiger partial charge in [0, 0.05) is 13.7 Å². The number of amides is 1. The largest absolute Gasteiger partial charge is 0.481 e. The standard InChI is InChI=1S/C13H17NO5/c1-9(18-2)7-14-13(17)10-5-3-4-6-11(10)19-8-12(15)16/h3-6,9H,7-8H2,1-2H3,(H,14,17)(H,15,16). The molecule has 1 amide bonds. The van der Waals surface area contributed by atoms with Gasteiger partial charge in [-0.15, -0.1) is 0 Å². The average Bonchev–Trinajstić information content (AvgIpc) is 2.42. The van der Waals surface area contributed by atoms with Crippen molar-refractivity contribution in [2.45, 2.75) is 13.0 Å². The van der Waals surface area contributed by atoms with Gasteiger partial charge in [-0.2, -0.15) is 0 Å². The topological polar surface area (TPSA) is 84.9 Å². The molecule has 0 aromatic heterocycles. The maximum atomic E-state index is 11.9. The molecule has 1 aromatic rings. The van der Waals surface area contributed by atoms with E-state index in [-0.39, 0.29) is 17.8 Å². The summed E-state index contributed by atoms with van der Waals surface area (Å²) in [5.74, 6) is -1.18. The Balaban J connectivity index is 2.70. The molecule has 1 unspecified atom stereocenters. The molecule has 0 aliphatic heterocycles. The molecule has 0 bridgehead atoms. The zero-order valence-corrected chi connectivity index (χ0v) is 10.9. The SMILES string of the molecule is COC(C)CNC(=O)c1ccccc1OCC(=O)O. The normalized spacial score (nSPS) is 11.7. The number of benzene rings is 1. The van der Waals surface area contributed by atoms with Crippen LogP contribution in [0.4, 0.5) is 0 Å². The lowest BCUT2D eigenvalue weighted by molar-refractivity contribution is -0.139. The third-order valence-corrected chi connectivity index (χ3v) is 2.44. The fourth-order valence-corrected chi connectivity index (χ4v) is 1.33. The molecule has 0 aliphatic rings. The monoisotopic (exact) mass is 267 g/mol. The van der Waals surface area contributed by atoms with Crippen LogP contribution in [-0.2, 0) is 9.53 Å². The van der Waals surface area contributed by atoms with Crippen molar-refractivity contribution in [3.63, 3.8) is 0 Å². The van der Waals surface area contributed by atoms with Crippen molar-refractivity contribution >= 4 is 11.9 Å². The molecule has 1 atom stereocenters. The van der Waals surface area contributed by atoms with Crippen molar-refractivity contribution in [2.75, 3.05) is 20.3 Å². The Bertz CT molecular complexity index is 446. The molecular formula is C13H17NO5. The number of carbonyl (C=O) groups excluding carboxylic acids is 1. The lowest BCUT2D eigenvalue weighted by Gasteiger charge is -2.13. The van der Waals surface area contributed by atoms with Crippen LogP contribution in [0.3, 0.4) is 0 Å². The van der Waals surface area contributed by atoms with Crippen molar-refractivity contribution in [1.29, 1.82) is 0 Å². The summed E-state index contributed by atoms with van der Waals surface area (Å²) in [6.07, 6.45) is -0.101. The van der Waals surface area contributed by atoms with Crippen LogP contribution >= 0.6 is 0 Å². The van der Waals surface area contributed by atoms with Gasteiger partial charge in [0.15, 0.2) is 6.61 Å². The van der Waals surface area contributed by atoms with Crippen molar-refractivity contribution < 1.29 is 24.2 Å². The van der Waals surface area contributed by atoms with Crippen LogP contribution in [0.5, 0.6) is 5.75 Å². The van der Waals surface area contributed by atoms with Crippen LogP contribution in [0.2, 0.25) is 0 Å². The molecule has 6 heteroatoms. The van der Waals surface area contributed by atoms with E-state index in [0.717, 1.165) is 0 Å². The predicted octanol–water partition coefficient (Wildman–Crippen LogP) is 0.915. The molecule has 2 N–H and O–H groups in total. The fraction of sp³-hybridized carbons (Fsp3) is 0.385. The Kier molecular flexibility index (Phi) is 5.81. The second-order valence-electron chi connectivity index (χ2n) is 3.93. The highest BCUT2D eigenvalue weighted by atomic mass is 16.5. The van der Waals surface area contributed by atoms with E-state index in [1.54, 1.807) is 31.4 Å². The minimum absolute atomic E-state index is 0.101. The summed E-state index contributed by atoms with van der Waals surface area (Å²) >= 11 is 0. The lowest BCUT2D eigenvalue weighted by atomic mass is 10.2. The molecule has 0 radical (unpaired) electrons. The van der Waals surface area contributed by atoms with E-state index in [2.05, 4.69) is 5.32 Å². The van der Waals surface area contributed by atoms with Crippen molar-refractivity contribution in [3.05, 3.63) is 29.8 Å². The molecule has 0 spiro atoms. The number of methoxy groups -OCH3 is 1. The van der Waals surface area contributed by atoms with Crippen LogP contribution in [0, 0.1) is 0 Å². The van der Waals surface area contributed by atoms with E-state index >= 15 is 0 Å². The third kappa shape index (κ3) is 4.97. The quantitative estimate of drug-likeness (QED) is 0.767. The van der Waals surface area contributed by atoms with Gasteiger partial charge in [-0.3, -0.25) is 4.79 Å². The number of ether oxygens (including phenoxy) is 2. The number of para-hydroxylation sites is 1. The lowest BCUT2D eigenvalue weighted by Crippen LogP contribution is -2.31. The smallest absolute Gasteiger partial charge is 0.341 e. The Morgan fingerprint density at radius 1 is 1.37 bits per heavy atom. The Morgan fingerprint density at radius 2 is 2.05 bits per heavy atom. The van der Waals surface area contributed by atoms with Crippen molar-refractivity contribution in [3.8, 4) is 5.75 Å². The molecule has 104 valence electrons. The fourth-order valence-electron chi connectivity index (χ4n) is 1.33. The highest BCUT2D eigenvalue weighted by Crippen LogP contribution is 2.17. The van der Waals surface area contributed by atoms with Crippen LogP contribution < -0.4 is 10.1 Å². The van der Waals surface area contributed by atoms with Crippen LogP contribution in [0.1, 0.15) is 17.3 Å². The molecule has 6 nitrogen and oxygen atoms in total. The molecule has 0 heterocycles. The molecule has 0 aliphatic carbocycles. The number of hydrogen-bond acceptors (Lipinski definition) is 4. The molecule has 1 rings (SSSR count). The van der Waals surface area contributed by atoms with E-state index in [1.807, 2.05) is 6.92 Å². The Morgan fingerprint density at radius 3 is 2.68 bits per heavy atom. The summed E-state index contributed by atoms with van der Waals surface area (Å²) in [5.41, 5.74) is 0.298. The highest BCUT2D eigenvalue weighted by Gasteiger charge is 2.13. The Labute approximate surface area is 111 Å². The van der Waals surface area contributed by atoms with Crippen LogP contribution in [0.15, 0.2) is 24.3 Å². The molecule has 19 heavy (non-hydrogen) atoms. The van der Waals surface area contributed by atoms with Gasteiger partial charge in [0.25, 0.3) is 5.91 Å². The zero-order valence-electron chi connectivity index (χ0n) is 10.9. The molecule has 0 fully saturated rings. The minimum atomic E-state index is -1.09. The van der Waals surface area contributed by atoms with Gasteiger partial charge >= 0.3 is 5.97 Å². The maximum absolute atomic E-state index is 11.9. The van der Waals surface area contributed by atoms with Gasteiger partial charge in [-0.05, 0) is 19.1 Å². The molecule has 0 saturated carbocycles. The van der Waals surface area contributed by atoms with Gasteiger partial charge in [0.1, 0.15) is 5.75 Å². The first-order chi connectivity index (χ1) is 9.04. The summed E-state index contributed by atoms with van der Waals surface area (Å²) in [7, 11) is 1.56. The minimum Gasteiger partial charge on any atom is -0.481 e.